The van der Waals surface area contributed by atoms with Gasteiger partial charge in [-0.15, -0.1) is 0 Å². The summed E-state index contributed by atoms with van der Waals surface area (Å²) in [6.45, 7) is 1.38. The highest BCUT2D eigenvalue weighted by Crippen LogP contribution is 2.15. The summed E-state index contributed by atoms with van der Waals surface area (Å²) in [6, 6.07) is -1.19. The first kappa shape index (κ1) is 13.9. The molecule has 17 heavy (non-hydrogen) atoms. The zero-order valence-corrected chi connectivity index (χ0v) is 9.82. The van der Waals surface area contributed by atoms with Crippen molar-refractivity contribution in [2.24, 2.45) is 5.92 Å². The molecular formula is C11H20N2O4. The van der Waals surface area contributed by atoms with Crippen molar-refractivity contribution in [3.8, 4) is 0 Å². The molecule has 0 saturated carbocycles. The van der Waals surface area contributed by atoms with E-state index in [2.05, 4.69) is 10.6 Å². The van der Waals surface area contributed by atoms with Crippen LogP contribution in [-0.4, -0.2) is 47.8 Å². The van der Waals surface area contributed by atoms with E-state index in [1.807, 2.05) is 0 Å². The predicted octanol–water partition coefficient (Wildman–Crippen LogP) is -0.672. The van der Waals surface area contributed by atoms with Gasteiger partial charge in [0.25, 0.3) is 0 Å². The van der Waals surface area contributed by atoms with E-state index in [1.54, 1.807) is 0 Å². The monoisotopic (exact) mass is 244 g/mol. The minimum Gasteiger partial charge on any atom is -0.480 e. The minimum absolute atomic E-state index is 0.308. The number of carbonyl (C=O) groups is 2. The molecule has 0 aromatic rings. The molecule has 1 amide bonds. The Morgan fingerprint density at radius 2 is 2.24 bits per heavy atom. The van der Waals surface area contributed by atoms with Crippen molar-refractivity contribution >= 4 is 11.9 Å². The zero-order chi connectivity index (χ0) is 12.7. The number of nitrogens with one attached hydrogen (secondary N) is 2. The number of hydrogen-bond acceptors (Lipinski definition) is 4. The van der Waals surface area contributed by atoms with E-state index in [1.165, 1.54) is 0 Å². The fourth-order valence-corrected chi connectivity index (χ4v) is 1.96. The number of hydrogen-bond donors (Lipinski definition) is 4. The third kappa shape index (κ3) is 5.14. The maximum atomic E-state index is 11.5. The molecule has 1 aliphatic heterocycles. The average Bonchev–Trinajstić information content (AvgIpc) is 2.34. The Bertz CT molecular complexity index is 264. The van der Waals surface area contributed by atoms with Gasteiger partial charge in [-0.05, 0) is 38.3 Å². The molecule has 98 valence electrons. The van der Waals surface area contributed by atoms with Crippen LogP contribution in [0.25, 0.3) is 0 Å². The molecule has 6 heteroatoms. The second kappa shape index (κ2) is 7.24. The van der Waals surface area contributed by atoms with Crippen molar-refractivity contribution in [2.45, 2.75) is 31.7 Å². The number of piperidine rings is 1. The number of amides is 1. The van der Waals surface area contributed by atoms with Crippen LogP contribution in [0.15, 0.2) is 0 Å². The van der Waals surface area contributed by atoms with E-state index >= 15 is 0 Å². The summed E-state index contributed by atoms with van der Waals surface area (Å²) >= 11 is 0. The summed E-state index contributed by atoms with van der Waals surface area (Å²) in [4.78, 5) is 22.0. The van der Waals surface area contributed by atoms with Gasteiger partial charge in [-0.25, -0.2) is 4.79 Å². The van der Waals surface area contributed by atoms with Crippen molar-refractivity contribution in [2.75, 3.05) is 19.7 Å². The number of carboxylic acids is 1. The second-order valence-corrected chi connectivity index (χ2v) is 4.39. The van der Waals surface area contributed by atoms with Crippen molar-refractivity contribution in [1.82, 2.24) is 10.6 Å². The van der Waals surface area contributed by atoms with Crippen LogP contribution in [0.5, 0.6) is 0 Å². The Hall–Kier alpha value is -1.14. The van der Waals surface area contributed by atoms with Crippen LogP contribution < -0.4 is 10.6 Å². The Labute approximate surface area is 100 Å². The molecule has 2 unspecified atom stereocenters. The minimum atomic E-state index is -1.21. The maximum absolute atomic E-state index is 11.5. The Balaban J connectivity index is 2.21. The van der Waals surface area contributed by atoms with E-state index < -0.39 is 18.6 Å². The Morgan fingerprint density at radius 3 is 2.76 bits per heavy atom. The summed E-state index contributed by atoms with van der Waals surface area (Å²) < 4.78 is 0. The lowest BCUT2D eigenvalue weighted by Gasteiger charge is -2.22. The van der Waals surface area contributed by atoms with Gasteiger partial charge in [0.2, 0.25) is 5.91 Å². The van der Waals surface area contributed by atoms with E-state index in [4.69, 9.17) is 10.2 Å². The highest BCUT2D eigenvalue weighted by atomic mass is 16.4. The van der Waals surface area contributed by atoms with Crippen LogP contribution in [0.1, 0.15) is 25.7 Å². The molecule has 0 spiro atoms. The number of aliphatic carboxylic acids is 1. The van der Waals surface area contributed by atoms with Gasteiger partial charge in [-0.3, -0.25) is 4.79 Å². The number of rotatable bonds is 6. The van der Waals surface area contributed by atoms with Crippen LogP contribution in [0.3, 0.4) is 0 Å². The van der Waals surface area contributed by atoms with Gasteiger partial charge < -0.3 is 20.8 Å². The standard InChI is InChI=1S/C11H20N2O4/c14-7-9(11(16)17)13-10(15)4-3-8-2-1-5-12-6-8/h8-9,12,14H,1-7H2,(H,13,15)(H,16,17). The first-order chi connectivity index (χ1) is 8.13. The van der Waals surface area contributed by atoms with E-state index in [0.29, 0.717) is 12.3 Å². The number of carbonyl (C=O) groups excluding carboxylic acids is 1. The molecule has 1 saturated heterocycles. The smallest absolute Gasteiger partial charge is 0.328 e. The summed E-state index contributed by atoms with van der Waals surface area (Å²) in [5.74, 6) is -1.02. The normalized spacial score (nSPS) is 21.8. The fraction of sp³-hybridized carbons (Fsp3) is 0.818. The van der Waals surface area contributed by atoms with Crippen molar-refractivity contribution in [3.05, 3.63) is 0 Å². The molecule has 1 aliphatic rings. The molecule has 1 heterocycles. The molecule has 2 atom stereocenters. The quantitative estimate of drug-likeness (QED) is 0.496. The van der Waals surface area contributed by atoms with Crippen molar-refractivity contribution in [1.29, 1.82) is 0 Å². The molecule has 1 rings (SSSR count). The summed E-state index contributed by atoms with van der Waals surface area (Å²) in [5, 5.41) is 23.0. The molecule has 0 bridgehead atoms. The van der Waals surface area contributed by atoms with Gasteiger partial charge in [0.15, 0.2) is 0 Å². The third-order valence-electron chi connectivity index (χ3n) is 2.99. The van der Waals surface area contributed by atoms with Gasteiger partial charge in [0.1, 0.15) is 6.04 Å². The summed E-state index contributed by atoms with van der Waals surface area (Å²) in [7, 11) is 0. The topological polar surface area (TPSA) is 98.7 Å². The lowest BCUT2D eigenvalue weighted by atomic mass is 9.94. The largest absolute Gasteiger partial charge is 0.480 e. The van der Waals surface area contributed by atoms with Crippen LogP contribution in [0.4, 0.5) is 0 Å². The van der Waals surface area contributed by atoms with Gasteiger partial charge in [-0.2, -0.15) is 0 Å². The molecule has 0 aliphatic carbocycles. The number of aliphatic hydroxyl groups excluding tert-OH is 1. The Kier molecular flexibility index (Phi) is 5.93. The average molecular weight is 244 g/mol. The van der Waals surface area contributed by atoms with E-state index in [9.17, 15) is 9.59 Å². The van der Waals surface area contributed by atoms with Crippen LogP contribution in [0.2, 0.25) is 0 Å². The highest BCUT2D eigenvalue weighted by molar-refractivity contribution is 5.83. The lowest BCUT2D eigenvalue weighted by Crippen LogP contribution is -2.43. The predicted molar refractivity (Wildman–Crippen MR) is 61.5 cm³/mol. The molecular weight excluding hydrogens is 224 g/mol. The lowest BCUT2D eigenvalue weighted by molar-refractivity contribution is -0.143. The van der Waals surface area contributed by atoms with Crippen molar-refractivity contribution in [3.63, 3.8) is 0 Å². The van der Waals surface area contributed by atoms with Gasteiger partial charge in [-0.1, -0.05) is 0 Å². The van der Waals surface area contributed by atoms with Gasteiger partial charge in [0.05, 0.1) is 6.61 Å². The molecule has 0 radical (unpaired) electrons. The van der Waals surface area contributed by atoms with Gasteiger partial charge >= 0.3 is 5.97 Å². The first-order valence-corrected chi connectivity index (χ1v) is 5.97. The van der Waals surface area contributed by atoms with Crippen LogP contribution in [-0.2, 0) is 9.59 Å². The SMILES string of the molecule is O=C(CCC1CCCNC1)NC(CO)C(=O)O. The molecule has 0 aromatic carbocycles. The highest BCUT2D eigenvalue weighted by Gasteiger charge is 2.20. The maximum Gasteiger partial charge on any atom is 0.328 e. The number of carboxylic acid groups (broad SMARTS) is 1. The molecule has 4 N–H and O–H groups in total. The first-order valence-electron chi connectivity index (χ1n) is 5.97. The molecule has 6 nitrogen and oxygen atoms in total. The number of aliphatic hydroxyl groups is 1. The van der Waals surface area contributed by atoms with E-state index in [0.717, 1.165) is 32.4 Å². The summed E-state index contributed by atoms with van der Waals surface area (Å²) in [6.07, 6.45) is 3.32. The van der Waals surface area contributed by atoms with Crippen LogP contribution in [0, 0.1) is 5.92 Å². The Morgan fingerprint density at radius 1 is 1.47 bits per heavy atom. The van der Waals surface area contributed by atoms with E-state index in [-0.39, 0.29) is 5.91 Å². The molecule has 1 fully saturated rings. The fourth-order valence-electron chi connectivity index (χ4n) is 1.96. The zero-order valence-electron chi connectivity index (χ0n) is 9.82. The van der Waals surface area contributed by atoms with Crippen LogP contribution >= 0.6 is 0 Å². The second-order valence-electron chi connectivity index (χ2n) is 4.39. The van der Waals surface area contributed by atoms with Crippen molar-refractivity contribution < 1.29 is 19.8 Å². The third-order valence-corrected chi connectivity index (χ3v) is 2.99. The van der Waals surface area contributed by atoms with Gasteiger partial charge in [0, 0.05) is 6.42 Å². The summed E-state index contributed by atoms with van der Waals surface area (Å²) in [5.41, 5.74) is 0. The molecule has 0 aromatic heterocycles.